The topological polar surface area (TPSA) is 316 Å². The van der Waals surface area contributed by atoms with Crippen LogP contribution >= 0.6 is 0 Å². The minimum atomic E-state index is -1.36. The largest absolute Gasteiger partial charge is 0.508 e. The lowest BCUT2D eigenvalue weighted by atomic mass is 9.97. The molecule has 0 unspecified atom stereocenters. The molecule has 0 spiro atoms. The summed E-state index contributed by atoms with van der Waals surface area (Å²) < 4.78 is 0. The molecular weight excluding hydrogens is 845 g/mol. The Morgan fingerprint density at radius 1 is 0.662 bits per heavy atom. The summed E-state index contributed by atoms with van der Waals surface area (Å²) in [4.78, 5) is 119. The number of nitrogens with two attached hydrogens (primary N) is 1. The summed E-state index contributed by atoms with van der Waals surface area (Å²) in [6.45, 7) is 9.84. The fourth-order valence-electron chi connectivity index (χ4n) is 7.09. The van der Waals surface area contributed by atoms with Crippen molar-refractivity contribution < 1.29 is 58.5 Å². The van der Waals surface area contributed by atoms with Gasteiger partial charge in [0, 0.05) is 25.8 Å². The maximum atomic E-state index is 14.2. The Bertz CT molecular complexity index is 2000. The minimum Gasteiger partial charge on any atom is -0.508 e. The summed E-state index contributed by atoms with van der Waals surface area (Å²) in [5.41, 5.74) is 7.03. The number of benzene rings is 2. The maximum Gasteiger partial charge on any atom is 0.326 e. The van der Waals surface area contributed by atoms with Crippen LogP contribution in [0, 0.1) is 11.8 Å². The molecule has 2 aromatic rings. The first-order valence-corrected chi connectivity index (χ1v) is 21.8. The van der Waals surface area contributed by atoms with Gasteiger partial charge in [0.2, 0.25) is 41.4 Å². The van der Waals surface area contributed by atoms with Crippen LogP contribution in [0.4, 0.5) is 0 Å². The number of carboxylic acid groups (broad SMARTS) is 2. The summed E-state index contributed by atoms with van der Waals surface area (Å²) >= 11 is 0. The molecule has 11 N–H and O–H groups in total. The fraction of sp³-hybridized carbons (Fsp3) is 0.533. The Morgan fingerprint density at radius 2 is 1.17 bits per heavy atom. The Hall–Kier alpha value is -6.57. The number of nitrogens with one attached hydrogen (secondary N) is 6. The number of rotatable bonds is 24. The molecule has 0 saturated carbocycles. The third kappa shape index (κ3) is 16.2. The van der Waals surface area contributed by atoms with Gasteiger partial charge >= 0.3 is 11.9 Å². The van der Waals surface area contributed by atoms with Gasteiger partial charge in [-0.15, -0.1) is 0 Å². The molecule has 0 bridgehead atoms. The molecule has 7 amide bonds. The number of nitrogens with zero attached hydrogens (tertiary/aromatic N) is 1. The number of aromatic hydroxyl groups is 1. The molecule has 9 atom stereocenters. The molecule has 1 heterocycles. The van der Waals surface area contributed by atoms with Crippen LogP contribution in [0.2, 0.25) is 0 Å². The van der Waals surface area contributed by atoms with E-state index in [1.807, 2.05) is 6.92 Å². The second-order valence-electron chi connectivity index (χ2n) is 16.8. The predicted molar refractivity (Wildman–Crippen MR) is 236 cm³/mol. The zero-order valence-corrected chi connectivity index (χ0v) is 37.7. The average molecular weight is 909 g/mol. The summed E-state index contributed by atoms with van der Waals surface area (Å²) in [7, 11) is 0. The van der Waals surface area contributed by atoms with Crippen LogP contribution < -0.4 is 37.6 Å². The molecule has 0 aliphatic carbocycles. The second kappa shape index (κ2) is 25.1. The molecule has 20 heteroatoms. The van der Waals surface area contributed by atoms with Crippen molar-refractivity contribution >= 4 is 53.3 Å². The normalized spacial score (nSPS) is 17.2. The van der Waals surface area contributed by atoms with E-state index in [1.54, 1.807) is 51.1 Å². The summed E-state index contributed by atoms with van der Waals surface area (Å²) in [5, 5.41) is 44.2. The quantitative estimate of drug-likeness (QED) is 0.0669. The SMILES string of the molecule is CC[C@H](C)[C@H](NC(=O)[C@H](C)NC(=O)[C@H](C)NC(=O)[C@H](Cc1ccccc1)NC(=O)[C@H](Cc1ccc(O)cc1)NC(=O)[C@@H](NC(=O)[C@@H](N)CCC(=O)O)C(C)C)C(=O)N1CCC[C@H]1C(=O)O. The van der Waals surface area contributed by atoms with Crippen molar-refractivity contribution in [2.24, 2.45) is 17.6 Å². The first kappa shape index (κ1) is 52.8. The number of hydrogen-bond donors (Lipinski definition) is 10. The van der Waals surface area contributed by atoms with Crippen molar-refractivity contribution in [3.63, 3.8) is 0 Å². The highest BCUT2D eigenvalue weighted by atomic mass is 16.4. The molecule has 1 aliphatic heterocycles. The van der Waals surface area contributed by atoms with Gasteiger partial charge in [0.15, 0.2) is 0 Å². The Labute approximate surface area is 378 Å². The standard InChI is InChI=1S/C45H64N8O12/c1-7-25(4)37(44(63)53-21-11-14-34(53)45(64)65)52-39(58)27(6)47-38(57)26(5)48-41(60)32(22-28-12-9-8-10-13-28)49-42(61)33(23-29-15-17-30(54)18-16-29)50-43(62)36(24(2)3)51-40(59)31(46)19-20-35(55)56/h8-10,12-13,15-18,24-27,31-34,36-37,54H,7,11,14,19-23,46H2,1-6H3,(H,47,57)(H,48,60)(H,49,61)(H,50,62)(H,51,59)(H,52,58)(H,55,56)(H,64,65)/t25-,26-,27-,31-,32-,33-,34-,36-,37-/m0/s1. The van der Waals surface area contributed by atoms with Crippen molar-refractivity contribution in [2.75, 3.05) is 6.54 Å². The van der Waals surface area contributed by atoms with Gasteiger partial charge < -0.3 is 57.9 Å². The predicted octanol–water partition coefficient (Wildman–Crippen LogP) is 0.0958. The Balaban J connectivity index is 1.80. The van der Waals surface area contributed by atoms with E-state index >= 15 is 0 Å². The maximum absolute atomic E-state index is 14.2. The highest BCUT2D eigenvalue weighted by molar-refractivity contribution is 5.97. The molecule has 65 heavy (non-hydrogen) atoms. The van der Waals surface area contributed by atoms with Crippen LogP contribution in [0.25, 0.3) is 0 Å². The number of carbonyl (C=O) groups is 9. The number of phenols is 1. The lowest BCUT2D eigenvalue weighted by Gasteiger charge is -2.31. The van der Waals surface area contributed by atoms with Crippen molar-refractivity contribution in [2.45, 2.75) is 135 Å². The number of phenolic OH excluding ortho intramolecular Hbond substituents is 1. The van der Waals surface area contributed by atoms with E-state index in [1.165, 1.54) is 43.0 Å². The minimum absolute atomic E-state index is 0.0491. The second-order valence-corrected chi connectivity index (χ2v) is 16.8. The van der Waals surface area contributed by atoms with E-state index in [-0.39, 0.29) is 43.9 Å². The molecular formula is C45H64N8O12. The van der Waals surface area contributed by atoms with Crippen LogP contribution in [0.1, 0.15) is 84.8 Å². The fourth-order valence-corrected chi connectivity index (χ4v) is 7.09. The van der Waals surface area contributed by atoms with Crippen LogP contribution in [-0.2, 0) is 56.0 Å². The molecule has 0 radical (unpaired) electrons. The molecule has 1 aliphatic rings. The molecule has 20 nitrogen and oxygen atoms in total. The Kier molecular flexibility index (Phi) is 20.3. The summed E-state index contributed by atoms with van der Waals surface area (Å²) in [6.07, 6.45) is 0.531. The zero-order chi connectivity index (χ0) is 48.5. The van der Waals surface area contributed by atoms with E-state index in [0.717, 1.165) is 0 Å². The van der Waals surface area contributed by atoms with Gasteiger partial charge in [-0.2, -0.15) is 0 Å². The lowest BCUT2D eigenvalue weighted by molar-refractivity contribution is -0.150. The summed E-state index contributed by atoms with van der Waals surface area (Å²) in [6, 6.07) is 4.85. The van der Waals surface area contributed by atoms with E-state index in [9.17, 15) is 53.4 Å². The zero-order valence-electron chi connectivity index (χ0n) is 37.7. The molecule has 3 rings (SSSR count). The number of amides is 7. The van der Waals surface area contributed by atoms with Crippen molar-refractivity contribution in [1.82, 2.24) is 36.8 Å². The molecule has 2 aromatic carbocycles. The van der Waals surface area contributed by atoms with Gasteiger partial charge in [-0.05, 0) is 68.2 Å². The first-order chi connectivity index (χ1) is 30.6. The van der Waals surface area contributed by atoms with Crippen molar-refractivity contribution in [3.05, 3.63) is 65.7 Å². The third-order valence-electron chi connectivity index (χ3n) is 11.3. The van der Waals surface area contributed by atoms with Crippen LogP contribution in [-0.4, -0.2) is 128 Å². The van der Waals surface area contributed by atoms with Crippen molar-refractivity contribution in [3.8, 4) is 5.75 Å². The third-order valence-corrected chi connectivity index (χ3v) is 11.3. The first-order valence-electron chi connectivity index (χ1n) is 21.8. The molecule has 0 aromatic heterocycles. The van der Waals surface area contributed by atoms with Crippen LogP contribution in [0.15, 0.2) is 54.6 Å². The summed E-state index contributed by atoms with van der Waals surface area (Å²) in [5.74, 6) is -8.39. The van der Waals surface area contributed by atoms with Gasteiger partial charge in [0.05, 0.1) is 6.04 Å². The van der Waals surface area contributed by atoms with Gasteiger partial charge in [-0.25, -0.2) is 4.79 Å². The van der Waals surface area contributed by atoms with Gasteiger partial charge in [0.25, 0.3) is 0 Å². The number of carboxylic acids is 2. The van der Waals surface area contributed by atoms with Gasteiger partial charge in [0.1, 0.15) is 48.0 Å². The van der Waals surface area contributed by atoms with E-state index in [2.05, 4.69) is 31.9 Å². The monoisotopic (exact) mass is 908 g/mol. The van der Waals surface area contributed by atoms with E-state index < -0.39 is 108 Å². The number of likely N-dealkylation sites (tertiary alicyclic amines) is 1. The Morgan fingerprint density at radius 3 is 1.71 bits per heavy atom. The van der Waals surface area contributed by atoms with Crippen LogP contribution in [0.3, 0.4) is 0 Å². The lowest BCUT2D eigenvalue weighted by Crippen LogP contribution is -2.60. The van der Waals surface area contributed by atoms with Crippen molar-refractivity contribution in [1.29, 1.82) is 0 Å². The number of aliphatic carboxylic acids is 2. The highest BCUT2D eigenvalue weighted by Crippen LogP contribution is 2.22. The van der Waals surface area contributed by atoms with Gasteiger partial charge in [-0.1, -0.05) is 76.6 Å². The molecule has 1 fully saturated rings. The van der Waals surface area contributed by atoms with Crippen LogP contribution in [0.5, 0.6) is 5.75 Å². The molecule has 356 valence electrons. The van der Waals surface area contributed by atoms with E-state index in [4.69, 9.17) is 10.8 Å². The molecule has 1 saturated heterocycles. The van der Waals surface area contributed by atoms with E-state index in [0.29, 0.717) is 30.4 Å². The average Bonchev–Trinajstić information content (AvgIpc) is 3.77. The smallest absolute Gasteiger partial charge is 0.326 e. The number of hydrogen-bond acceptors (Lipinski definition) is 11. The number of carbonyl (C=O) groups excluding carboxylic acids is 7. The van der Waals surface area contributed by atoms with Gasteiger partial charge in [-0.3, -0.25) is 38.4 Å². The highest BCUT2D eigenvalue weighted by Gasteiger charge is 2.40.